The Morgan fingerprint density at radius 2 is 2.35 bits per heavy atom. The number of carbonyl (C=O) groups excluding carboxylic acids is 1. The van der Waals surface area contributed by atoms with Gasteiger partial charge in [-0.25, -0.2) is 9.78 Å². The van der Waals surface area contributed by atoms with E-state index in [9.17, 15) is 4.79 Å². The summed E-state index contributed by atoms with van der Waals surface area (Å²) < 4.78 is 10.5. The summed E-state index contributed by atoms with van der Waals surface area (Å²) in [4.78, 5) is 15.9. The fourth-order valence-electron chi connectivity index (χ4n) is 1.77. The number of nitrogens with zero attached hydrogens (tertiary/aromatic N) is 1. The van der Waals surface area contributed by atoms with Gasteiger partial charge in [0.15, 0.2) is 5.69 Å². The summed E-state index contributed by atoms with van der Waals surface area (Å²) in [6, 6.07) is 0.131. The molecule has 1 aliphatic heterocycles. The number of hydrogen-bond acceptors (Lipinski definition) is 5. The molecule has 1 atom stereocenters. The monoisotopic (exact) mass is 238 g/mol. The highest BCUT2D eigenvalue weighted by Gasteiger charge is 2.25. The lowest BCUT2D eigenvalue weighted by Crippen LogP contribution is -2.24. The number of rotatable bonds is 2. The maximum atomic E-state index is 11.7. The van der Waals surface area contributed by atoms with Gasteiger partial charge in [0, 0.05) is 0 Å². The second kappa shape index (κ2) is 4.49. The van der Waals surface area contributed by atoms with Crippen LogP contribution in [0.1, 0.15) is 56.0 Å². The van der Waals surface area contributed by atoms with Crippen molar-refractivity contribution in [1.29, 1.82) is 0 Å². The maximum Gasteiger partial charge on any atom is 0.360 e. The minimum atomic E-state index is -0.512. The lowest BCUT2D eigenvalue weighted by atomic mass is 10.2. The molecule has 0 aliphatic carbocycles. The number of ether oxygens (including phenoxy) is 1. The first-order chi connectivity index (χ1) is 7.96. The van der Waals surface area contributed by atoms with Crippen molar-refractivity contribution in [2.75, 3.05) is 6.54 Å². The predicted octanol–water partition coefficient (Wildman–Crippen LogP) is 2.05. The minimum absolute atomic E-state index is 0.131. The standard InChI is InChI=1S/C12H18N2O3/c1-12(2,3)17-11(15)9-7-16-10(14-9)8-5-4-6-13-8/h7-8,13H,4-6H2,1-3H3/t8-/m0/s1. The lowest BCUT2D eigenvalue weighted by Gasteiger charge is -2.18. The Morgan fingerprint density at radius 3 is 2.94 bits per heavy atom. The normalized spacial score (nSPS) is 20.5. The van der Waals surface area contributed by atoms with E-state index in [2.05, 4.69) is 10.3 Å². The number of esters is 1. The molecule has 5 heteroatoms. The van der Waals surface area contributed by atoms with Gasteiger partial charge in [0.05, 0.1) is 6.04 Å². The van der Waals surface area contributed by atoms with Crippen molar-refractivity contribution in [2.45, 2.75) is 45.3 Å². The van der Waals surface area contributed by atoms with Crippen LogP contribution in [-0.4, -0.2) is 23.1 Å². The summed E-state index contributed by atoms with van der Waals surface area (Å²) >= 11 is 0. The first-order valence-corrected chi connectivity index (χ1v) is 5.88. The van der Waals surface area contributed by atoms with E-state index in [0.29, 0.717) is 5.89 Å². The Kier molecular flexibility index (Phi) is 3.19. The van der Waals surface area contributed by atoms with E-state index in [0.717, 1.165) is 19.4 Å². The Labute approximate surface area is 101 Å². The highest BCUT2D eigenvalue weighted by atomic mass is 16.6. The van der Waals surface area contributed by atoms with Crippen LogP contribution in [0.5, 0.6) is 0 Å². The third kappa shape index (κ3) is 3.06. The molecule has 17 heavy (non-hydrogen) atoms. The average molecular weight is 238 g/mol. The molecule has 2 rings (SSSR count). The zero-order valence-electron chi connectivity index (χ0n) is 10.4. The summed E-state index contributed by atoms with van der Waals surface area (Å²) in [7, 11) is 0. The van der Waals surface area contributed by atoms with Gasteiger partial charge in [-0.15, -0.1) is 0 Å². The number of carbonyl (C=O) groups is 1. The van der Waals surface area contributed by atoms with E-state index < -0.39 is 11.6 Å². The third-order valence-electron chi connectivity index (χ3n) is 2.49. The van der Waals surface area contributed by atoms with Crippen molar-refractivity contribution in [3.8, 4) is 0 Å². The van der Waals surface area contributed by atoms with Crippen molar-refractivity contribution >= 4 is 5.97 Å². The van der Waals surface area contributed by atoms with E-state index in [1.54, 1.807) is 0 Å². The van der Waals surface area contributed by atoms with E-state index >= 15 is 0 Å². The van der Waals surface area contributed by atoms with Gasteiger partial charge in [0.1, 0.15) is 11.9 Å². The Bertz CT molecular complexity index is 400. The summed E-state index contributed by atoms with van der Waals surface area (Å²) in [5.74, 6) is 0.133. The fourth-order valence-corrected chi connectivity index (χ4v) is 1.77. The zero-order valence-corrected chi connectivity index (χ0v) is 10.4. The Hall–Kier alpha value is -1.36. The molecule has 94 valence electrons. The molecule has 1 saturated heterocycles. The summed E-state index contributed by atoms with van der Waals surface area (Å²) in [6.45, 7) is 6.44. The van der Waals surface area contributed by atoms with E-state index in [1.807, 2.05) is 20.8 Å². The van der Waals surface area contributed by atoms with Crippen molar-refractivity contribution < 1.29 is 13.9 Å². The van der Waals surface area contributed by atoms with Crippen LogP contribution in [0.3, 0.4) is 0 Å². The van der Waals surface area contributed by atoms with Crippen LogP contribution < -0.4 is 5.32 Å². The molecule has 1 N–H and O–H groups in total. The van der Waals surface area contributed by atoms with Crippen molar-refractivity contribution in [2.24, 2.45) is 0 Å². The SMILES string of the molecule is CC(C)(C)OC(=O)c1coc([C@@H]2CCCN2)n1. The topological polar surface area (TPSA) is 64.4 Å². The Morgan fingerprint density at radius 1 is 1.59 bits per heavy atom. The van der Waals surface area contributed by atoms with Gasteiger partial charge >= 0.3 is 5.97 Å². The number of oxazole rings is 1. The van der Waals surface area contributed by atoms with Crippen LogP contribution in [0.2, 0.25) is 0 Å². The predicted molar refractivity (Wildman–Crippen MR) is 61.6 cm³/mol. The fraction of sp³-hybridized carbons (Fsp3) is 0.667. The van der Waals surface area contributed by atoms with E-state index in [4.69, 9.17) is 9.15 Å². The first-order valence-electron chi connectivity index (χ1n) is 5.88. The smallest absolute Gasteiger partial charge is 0.360 e. The molecular formula is C12H18N2O3. The molecular weight excluding hydrogens is 220 g/mol. The molecule has 1 fully saturated rings. The van der Waals surface area contributed by atoms with Crippen LogP contribution in [0.25, 0.3) is 0 Å². The van der Waals surface area contributed by atoms with Gasteiger partial charge in [0.25, 0.3) is 0 Å². The van der Waals surface area contributed by atoms with E-state index in [1.165, 1.54) is 6.26 Å². The molecule has 0 amide bonds. The number of aromatic nitrogens is 1. The zero-order chi connectivity index (χ0) is 12.5. The number of nitrogens with one attached hydrogen (secondary N) is 1. The van der Waals surface area contributed by atoms with Gasteiger partial charge in [-0.3, -0.25) is 0 Å². The second-order valence-corrected chi connectivity index (χ2v) is 5.22. The highest BCUT2D eigenvalue weighted by Crippen LogP contribution is 2.22. The van der Waals surface area contributed by atoms with Crippen LogP contribution in [0.4, 0.5) is 0 Å². The second-order valence-electron chi connectivity index (χ2n) is 5.22. The third-order valence-corrected chi connectivity index (χ3v) is 2.49. The molecule has 0 spiro atoms. The average Bonchev–Trinajstić information content (AvgIpc) is 2.86. The van der Waals surface area contributed by atoms with E-state index in [-0.39, 0.29) is 11.7 Å². The summed E-state index contributed by atoms with van der Waals surface area (Å²) in [5.41, 5.74) is -0.273. The van der Waals surface area contributed by atoms with Gasteiger partial charge in [-0.05, 0) is 40.2 Å². The van der Waals surface area contributed by atoms with Crippen LogP contribution in [-0.2, 0) is 4.74 Å². The molecule has 0 unspecified atom stereocenters. The molecule has 0 radical (unpaired) electrons. The molecule has 0 aromatic carbocycles. The summed E-state index contributed by atoms with van der Waals surface area (Å²) in [5, 5.41) is 3.27. The molecule has 0 bridgehead atoms. The van der Waals surface area contributed by atoms with Crippen molar-refractivity contribution in [3.05, 3.63) is 17.8 Å². The first kappa shape index (κ1) is 12.1. The summed E-state index contributed by atoms with van der Waals surface area (Å²) in [6.07, 6.45) is 3.46. The van der Waals surface area contributed by atoms with Crippen molar-refractivity contribution in [1.82, 2.24) is 10.3 Å². The van der Waals surface area contributed by atoms with Gasteiger partial charge < -0.3 is 14.5 Å². The molecule has 5 nitrogen and oxygen atoms in total. The minimum Gasteiger partial charge on any atom is -0.455 e. The lowest BCUT2D eigenvalue weighted by molar-refractivity contribution is 0.00628. The van der Waals surface area contributed by atoms with Gasteiger partial charge in [-0.2, -0.15) is 0 Å². The number of hydrogen-bond donors (Lipinski definition) is 1. The molecule has 2 heterocycles. The molecule has 0 saturated carbocycles. The maximum absolute atomic E-state index is 11.7. The van der Waals surface area contributed by atoms with Crippen LogP contribution in [0, 0.1) is 0 Å². The van der Waals surface area contributed by atoms with Crippen LogP contribution in [0.15, 0.2) is 10.7 Å². The molecule has 1 aromatic heterocycles. The largest absolute Gasteiger partial charge is 0.455 e. The van der Waals surface area contributed by atoms with Gasteiger partial charge in [-0.1, -0.05) is 0 Å². The molecule has 1 aromatic rings. The highest BCUT2D eigenvalue weighted by molar-refractivity contribution is 5.87. The van der Waals surface area contributed by atoms with Gasteiger partial charge in [0.2, 0.25) is 5.89 Å². The van der Waals surface area contributed by atoms with Crippen molar-refractivity contribution in [3.63, 3.8) is 0 Å². The quantitative estimate of drug-likeness (QED) is 0.799. The van der Waals surface area contributed by atoms with Crippen LogP contribution >= 0.6 is 0 Å². The Balaban J connectivity index is 2.04. The molecule has 1 aliphatic rings.